The SMILES string of the molecule is COc1ccc2cc(C(=O)C3=CC=C[NH+]3OC)c(=O)oc2c1. The predicted molar refractivity (Wildman–Crippen MR) is 78.6 cm³/mol. The lowest BCUT2D eigenvalue weighted by molar-refractivity contribution is -1.01. The number of rotatable bonds is 4. The Morgan fingerprint density at radius 2 is 2.05 bits per heavy atom. The third-order valence-electron chi connectivity index (χ3n) is 3.43. The van der Waals surface area contributed by atoms with E-state index in [2.05, 4.69) is 0 Å². The molecule has 1 unspecified atom stereocenters. The zero-order valence-corrected chi connectivity index (χ0v) is 12.1. The van der Waals surface area contributed by atoms with Gasteiger partial charge in [0, 0.05) is 23.6 Å². The first-order valence-corrected chi connectivity index (χ1v) is 6.60. The van der Waals surface area contributed by atoms with Crippen LogP contribution in [0.1, 0.15) is 10.4 Å². The van der Waals surface area contributed by atoms with Crippen molar-refractivity contribution in [2.24, 2.45) is 0 Å². The van der Waals surface area contributed by atoms with E-state index in [1.807, 2.05) is 0 Å². The maximum atomic E-state index is 12.5. The molecule has 2 heterocycles. The van der Waals surface area contributed by atoms with Gasteiger partial charge in [0.2, 0.25) is 5.70 Å². The number of ether oxygens (including phenoxy) is 1. The summed E-state index contributed by atoms with van der Waals surface area (Å²) in [6.07, 6.45) is 4.97. The fraction of sp³-hybridized carbons (Fsp3) is 0.125. The van der Waals surface area contributed by atoms with E-state index in [9.17, 15) is 9.59 Å². The van der Waals surface area contributed by atoms with E-state index >= 15 is 0 Å². The molecule has 0 fully saturated rings. The molecule has 0 bridgehead atoms. The number of carbonyl (C=O) groups excluding carboxylic acids is 1. The Balaban J connectivity index is 2.06. The molecule has 1 aromatic carbocycles. The van der Waals surface area contributed by atoms with Gasteiger partial charge in [0.15, 0.2) is 0 Å². The number of nitrogens with one attached hydrogen (secondary N) is 1. The molecule has 0 radical (unpaired) electrons. The second-order valence-corrected chi connectivity index (χ2v) is 4.69. The van der Waals surface area contributed by atoms with Crippen molar-refractivity contribution in [3.8, 4) is 5.75 Å². The molecule has 1 aliphatic heterocycles. The van der Waals surface area contributed by atoms with Crippen LogP contribution < -0.4 is 15.4 Å². The zero-order chi connectivity index (χ0) is 15.7. The fourth-order valence-corrected chi connectivity index (χ4v) is 2.29. The normalized spacial score (nSPS) is 16.8. The number of hydrogen-bond donors (Lipinski definition) is 1. The first-order valence-electron chi connectivity index (χ1n) is 6.60. The van der Waals surface area contributed by atoms with Gasteiger partial charge < -0.3 is 9.15 Å². The summed E-state index contributed by atoms with van der Waals surface area (Å²) in [6, 6.07) is 6.60. The Bertz CT molecular complexity index is 862. The van der Waals surface area contributed by atoms with Crippen LogP contribution in [-0.4, -0.2) is 20.0 Å². The number of hydroxylamine groups is 2. The standard InChI is InChI=1S/C16H13NO5/c1-20-11-6-5-10-8-12(16(19)22-14(10)9-11)15(18)13-4-3-7-17(13)21-2/h3-9H,1-2H3/p+1. The van der Waals surface area contributed by atoms with Gasteiger partial charge >= 0.3 is 5.63 Å². The summed E-state index contributed by atoms with van der Waals surface area (Å²) in [6.45, 7) is 0. The van der Waals surface area contributed by atoms with Crippen molar-refractivity contribution in [2.75, 3.05) is 14.2 Å². The number of quaternary nitrogens is 1. The van der Waals surface area contributed by atoms with Gasteiger partial charge in [-0.25, -0.2) is 4.79 Å². The summed E-state index contributed by atoms with van der Waals surface area (Å²) >= 11 is 0. The Hall–Kier alpha value is -2.70. The highest BCUT2D eigenvalue weighted by molar-refractivity contribution is 6.08. The molecule has 1 aromatic heterocycles. The van der Waals surface area contributed by atoms with Gasteiger partial charge in [0.25, 0.3) is 5.78 Å². The molecule has 1 aliphatic rings. The average Bonchev–Trinajstić information content (AvgIpc) is 3.01. The second kappa shape index (κ2) is 5.59. The number of hydrogen-bond acceptors (Lipinski definition) is 5. The van der Waals surface area contributed by atoms with E-state index in [1.54, 1.807) is 36.6 Å². The summed E-state index contributed by atoms with van der Waals surface area (Å²) in [5.74, 6) is 0.153. The summed E-state index contributed by atoms with van der Waals surface area (Å²) in [5, 5.41) is 1.08. The smallest absolute Gasteiger partial charge is 0.347 e. The third-order valence-corrected chi connectivity index (χ3v) is 3.43. The van der Waals surface area contributed by atoms with Gasteiger partial charge in [0.05, 0.1) is 14.2 Å². The van der Waals surface area contributed by atoms with E-state index in [1.165, 1.54) is 20.3 Å². The van der Waals surface area contributed by atoms with Crippen LogP contribution in [-0.2, 0) is 4.84 Å². The number of allylic oxidation sites excluding steroid dienone is 3. The average molecular weight is 300 g/mol. The van der Waals surface area contributed by atoms with Crippen molar-refractivity contribution in [3.63, 3.8) is 0 Å². The van der Waals surface area contributed by atoms with Crippen LogP contribution in [0.5, 0.6) is 5.75 Å². The highest BCUT2D eigenvalue weighted by Crippen LogP contribution is 2.20. The minimum absolute atomic E-state index is 0.0258. The number of methoxy groups -OCH3 is 1. The minimum Gasteiger partial charge on any atom is -0.497 e. The molecular weight excluding hydrogens is 286 g/mol. The molecule has 1 atom stereocenters. The molecule has 0 spiro atoms. The number of fused-ring (bicyclic) bond motifs is 1. The van der Waals surface area contributed by atoms with Crippen LogP contribution >= 0.6 is 0 Å². The highest BCUT2D eigenvalue weighted by Gasteiger charge is 2.29. The van der Waals surface area contributed by atoms with Crippen molar-refractivity contribution < 1.29 is 23.8 Å². The molecule has 112 valence electrons. The Kier molecular flexibility index (Phi) is 3.62. The Morgan fingerprint density at radius 1 is 1.23 bits per heavy atom. The van der Waals surface area contributed by atoms with Crippen LogP contribution in [0.4, 0.5) is 0 Å². The quantitative estimate of drug-likeness (QED) is 0.669. The molecule has 0 saturated carbocycles. The lowest BCUT2D eigenvalue weighted by Crippen LogP contribution is -3.04. The summed E-state index contributed by atoms with van der Waals surface area (Å²) in [7, 11) is 3.00. The van der Waals surface area contributed by atoms with E-state index < -0.39 is 11.4 Å². The van der Waals surface area contributed by atoms with Crippen LogP contribution in [0.2, 0.25) is 0 Å². The van der Waals surface area contributed by atoms with Crippen LogP contribution in [0.25, 0.3) is 11.0 Å². The molecule has 3 rings (SSSR count). The predicted octanol–water partition coefficient (Wildman–Crippen LogP) is 0.842. The molecule has 6 nitrogen and oxygen atoms in total. The molecule has 1 N–H and O–H groups in total. The minimum atomic E-state index is -0.686. The monoisotopic (exact) mass is 300 g/mol. The number of ketones is 1. The fourth-order valence-electron chi connectivity index (χ4n) is 2.29. The van der Waals surface area contributed by atoms with Gasteiger partial charge in [-0.3, -0.25) is 4.79 Å². The topological polar surface area (TPSA) is 70.2 Å². The summed E-state index contributed by atoms with van der Waals surface area (Å²) in [5.41, 5.74) is -0.00537. The van der Waals surface area contributed by atoms with Crippen LogP contribution in [0.3, 0.4) is 0 Å². The largest absolute Gasteiger partial charge is 0.497 e. The maximum Gasteiger partial charge on any atom is 0.347 e. The Labute approximate surface area is 125 Å². The number of carbonyl (C=O) groups is 1. The lowest BCUT2D eigenvalue weighted by Gasteiger charge is -2.08. The third kappa shape index (κ3) is 2.34. The Morgan fingerprint density at radius 3 is 2.77 bits per heavy atom. The van der Waals surface area contributed by atoms with E-state index in [0.717, 1.165) is 0 Å². The van der Waals surface area contributed by atoms with E-state index in [-0.39, 0.29) is 5.56 Å². The molecular formula is C16H14NO5+. The number of benzene rings is 1. The molecule has 22 heavy (non-hydrogen) atoms. The van der Waals surface area contributed by atoms with Gasteiger partial charge in [-0.05, 0) is 18.2 Å². The van der Waals surface area contributed by atoms with Gasteiger partial charge in [-0.15, -0.1) is 5.06 Å². The highest BCUT2D eigenvalue weighted by atomic mass is 16.7. The van der Waals surface area contributed by atoms with Gasteiger partial charge in [-0.2, -0.15) is 4.84 Å². The first-order chi connectivity index (χ1) is 10.6. The van der Waals surface area contributed by atoms with Crippen molar-refractivity contribution >= 4 is 16.8 Å². The summed E-state index contributed by atoms with van der Waals surface area (Å²) < 4.78 is 10.3. The van der Waals surface area contributed by atoms with Crippen molar-refractivity contribution in [2.45, 2.75) is 0 Å². The van der Waals surface area contributed by atoms with Gasteiger partial charge in [-0.1, -0.05) is 0 Å². The van der Waals surface area contributed by atoms with E-state index in [4.69, 9.17) is 14.0 Å². The van der Waals surface area contributed by atoms with Crippen molar-refractivity contribution in [3.05, 3.63) is 64.3 Å². The van der Waals surface area contributed by atoms with Crippen molar-refractivity contribution in [1.82, 2.24) is 0 Å². The second-order valence-electron chi connectivity index (χ2n) is 4.69. The molecule has 6 heteroatoms. The zero-order valence-electron chi connectivity index (χ0n) is 12.1. The van der Waals surface area contributed by atoms with Gasteiger partial charge in [0.1, 0.15) is 23.1 Å². The van der Waals surface area contributed by atoms with Crippen molar-refractivity contribution in [1.29, 1.82) is 0 Å². The van der Waals surface area contributed by atoms with Crippen LogP contribution in [0, 0.1) is 0 Å². The van der Waals surface area contributed by atoms with E-state index in [0.29, 0.717) is 27.5 Å². The molecule has 0 amide bonds. The van der Waals surface area contributed by atoms with Crippen LogP contribution in [0.15, 0.2) is 57.5 Å². The molecule has 2 aromatic rings. The molecule has 0 aliphatic carbocycles. The molecule has 0 saturated heterocycles. The lowest BCUT2D eigenvalue weighted by atomic mass is 10.1. The first kappa shape index (κ1) is 14.2. The maximum absolute atomic E-state index is 12.5. The number of Topliss-reactive ketones (excluding diaryl/α,β-unsaturated/α-hetero) is 1. The summed E-state index contributed by atoms with van der Waals surface area (Å²) in [4.78, 5) is 29.7.